The van der Waals surface area contributed by atoms with Gasteiger partial charge in [0.1, 0.15) is 91.7 Å². The Labute approximate surface area is 691 Å². The van der Waals surface area contributed by atoms with E-state index in [0.29, 0.717) is 56.6 Å². The Balaban J connectivity index is 0.000000483. The fourth-order valence-corrected chi connectivity index (χ4v) is 12.1. The maximum absolute atomic E-state index is 13.0. The monoisotopic (exact) mass is 1730 g/mol. The lowest BCUT2D eigenvalue weighted by Crippen LogP contribution is -2.60. The van der Waals surface area contributed by atoms with Crippen molar-refractivity contribution in [2.45, 2.75) is 173 Å². The van der Waals surface area contributed by atoms with Crippen molar-refractivity contribution in [2.75, 3.05) is 128 Å². The van der Waals surface area contributed by atoms with E-state index in [1.54, 1.807) is 33.8 Å². The molecule has 4 aliphatic heterocycles. The van der Waals surface area contributed by atoms with Crippen molar-refractivity contribution in [3.63, 3.8) is 0 Å². The van der Waals surface area contributed by atoms with E-state index in [4.69, 9.17) is 52.1 Å². The Kier molecular flexibility index (Phi) is 45.2. The summed E-state index contributed by atoms with van der Waals surface area (Å²) in [5.74, 6) is -9.18. The average molecular weight is 1730 g/mol. The standard InChI is InChI=1S/C47H70N4O23S.C30H41N3O12/c1-30(2)46(63)72-27-31-5-6-36(73-47-44(61)43(60)42(59)37(26-52)74-47)35(24-31)50-38(55)9-12-48-39(56)28-71-17-13-49-45(62)32(29-75(64,65)66)25-34(54)11-16-68-19-21-70-23-22-69-20-18-67-15-3-4-33(53)10-14-51-40(57)7-8-41(51)58;1-17(2)29(42)43-16-18-7-8-20(44-30-28(41)27(40)26(39)21(15-34)45-30)19(14-18)32-23(36)11-12-31-22(35)6-4-3-5-13-33-24(37)9-10-25(33)38/h5-8,24,30,32,37,42-44,47,52,59-61H,3-4,9-23,25-29H2,1-2H3,(H,48,56)(H,49,62)(H,50,55)(H,64,65,66);7-10,14,17,21,26-28,30,34,39-41H,3-6,11-13,15-16H2,1-2H3,(H,31,35)(H,32,36)/t32-,37-,42+,43+,44-,47-;21-,26+,27+,28-,30-/m11/s1. The van der Waals surface area contributed by atoms with Crippen LogP contribution < -0.4 is 36.1 Å². The number of carbonyl (C=O) groups is 13. The number of carbonyl (C=O) groups excluding carboxylic acids is 13. The molecular formula is C77H111N7O35S. The van der Waals surface area contributed by atoms with Crippen molar-refractivity contribution < 1.29 is 168 Å². The van der Waals surface area contributed by atoms with Crippen LogP contribution in [0.3, 0.4) is 0 Å². The van der Waals surface area contributed by atoms with Gasteiger partial charge < -0.3 is 120 Å². The summed E-state index contributed by atoms with van der Waals surface area (Å²) in [5.41, 5.74) is 1.07. The molecule has 43 heteroatoms. The average Bonchev–Trinajstić information content (AvgIpc) is 1.19. The summed E-state index contributed by atoms with van der Waals surface area (Å²) in [4.78, 5) is 160. The van der Waals surface area contributed by atoms with E-state index in [1.807, 2.05) is 0 Å². The fourth-order valence-electron chi connectivity index (χ4n) is 11.3. The minimum absolute atomic E-state index is 0.0174. The third-order valence-corrected chi connectivity index (χ3v) is 18.8. The van der Waals surface area contributed by atoms with Gasteiger partial charge in [-0.2, -0.15) is 8.42 Å². The van der Waals surface area contributed by atoms with E-state index in [1.165, 1.54) is 54.6 Å². The highest BCUT2D eigenvalue weighted by Crippen LogP contribution is 2.34. The van der Waals surface area contributed by atoms with Crippen LogP contribution in [0.5, 0.6) is 11.5 Å². The number of ketones is 2. The van der Waals surface area contributed by atoms with Crippen LogP contribution in [0.4, 0.5) is 11.4 Å². The molecule has 2 saturated heterocycles. The lowest BCUT2D eigenvalue weighted by Gasteiger charge is -2.39. The molecule has 0 spiro atoms. The molecule has 670 valence electrons. The zero-order chi connectivity index (χ0) is 88.4. The number of hydrogen-bond acceptors (Lipinski definition) is 34. The zero-order valence-electron chi connectivity index (χ0n) is 67.1. The molecule has 42 nitrogen and oxygen atoms in total. The number of hydrogen-bond donors (Lipinski definition) is 14. The maximum atomic E-state index is 13.0. The number of rotatable bonds is 55. The first-order chi connectivity index (χ1) is 57.1. The second-order valence-electron chi connectivity index (χ2n) is 28.4. The topological polar surface area (TPSA) is 606 Å². The highest BCUT2D eigenvalue weighted by molar-refractivity contribution is 7.85. The number of imide groups is 2. The van der Waals surface area contributed by atoms with Gasteiger partial charge in [0.2, 0.25) is 42.1 Å². The quantitative estimate of drug-likeness (QED) is 0.0138. The molecule has 11 atom stereocenters. The fraction of sp³-hybridized carbons (Fsp3) is 0.623. The van der Waals surface area contributed by atoms with Crippen molar-refractivity contribution in [3.8, 4) is 11.5 Å². The summed E-state index contributed by atoms with van der Waals surface area (Å²) in [6.07, 6.45) is -9.14. The first kappa shape index (κ1) is 101. The third-order valence-electron chi connectivity index (χ3n) is 18.0. The Morgan fingerprint density at radius 1 is 0.458 bits per heavy atom. The molecule has 120 heavy (non-hydrogen) atoms. The highest BCUT2D eigenvalue weighted by atomic mass is 32.2. The van der Waals surface area contributed by atoms with Crippen LogP contribution in [0.15, 0.2) is 60.7 Å². The van der Waals surface area contributed by atoms with Gasteiger partial charge in [-0.25, -0.2) is 0 Å². The van der Waals surface area contributed by atoms with Crippen molar-refractivity contribution in [2.24, 2.45) is 17.8 Å². The van der Waals surface area contributed by atoms with Crippen LogP contribution in [0.2, 0.25) is 0 Å². The van der Waals surface area contributed by atoms with E-state index in [2.05, 4.69) is 26.6 Å². The summed E-state index contributed by atoms with van der Waals surface area (Å²) >= 11 is 0. The van der Waals surface area contributed by atoms with Crippen LogP contribution in [-0.4, -0.2) is 319 Å². The lowest BCUT2D eigenvalue weighted by atomic mass is 9.99. The normalized spacial score (nSPS) is 20.5. The van der Waals surface area contributed by atoms with E-state index in [-0.39, 0.29) is 176 Å². The van der Waals surface area contributed by atoms with Gasteiger partial charge in [0.25, 0.3) is 33.7 Å². The predicted octanol–water partition coefficient (Wildman–Crippen LogP) is -2.78. The molecule has 6 rings (SSSR count). The van der Waals surface area contributed by atoms with Gasteiger partial charge in [-0.05, 0) is 54.7 Å². The number of anilines is 2. The summed E-state index contributed by atoms with van der Waals surface area (Å²) in [6.45, 7) is 6.03. The lowest BCUT2D eigenvalue weighted by molar-refractivity contribution is -0.277. The number of esters is 2. The summed E-state index contributed by atoms with van der Waals surface area (Å²) in [7, 11) is -4.66. The predicted molar refractivity (Wildman–Crippen MR) is 414 cm³/mol. The molecule has 0 saturated carbocycles. The number of nitrogens with one attached hydrogen (secondary N) is 5. The zero-order valence-corrected chi connectivity index (χ0v) is 68.0. The van der Waals surface area contributed by atoms with E-state index < -0.39 is 169 Å². The van der Waals surface area contributed by atoms with Gasteiger partial charge in [-0.15, -0.1) is 0 Å². The van der Waals surface area contributed by atoms with E-state index in [0.717, 1.165) is 9.80 Å². The second kappa shape index (κ2) is 53.5. The molecule has 9 amide bonds. The van der Waals surface area contributed by atoms with Gasteiger partial charge in [0, 0.05) is 109 Å². The number of ether oxygens (including phenoxy) is 11. The molecule has 2 fully saturated rings. The van der Waals surface area contributed by atoms with Crippen molar-refractivity contribution in [3.05, 3.63) is 71.8 Å². The Hall–Kier alpha value is -9.26. The first-order valence-electron chi connectivity index (χ1n) is 39.0. The molecule has 2 aromatic rings. The van der Waals surface area contributed by atoms with Crippen molar-refractivity contribution in [1.82, 2.24) is 25.8 Å². The third kappa shape index (κ3) is 37.0. The Morgan fingerprint density at radius 2 is 0.908 bits per heavy atom. The summed E-state index contributed by atoms with van der Waals surface area (Å²) in [6, 6.07) is 8.78. The van der Waals surface area contributed by atoms with E-state index >= 15 is 0 Å². The van der Waals surface area contributed by atoms with Gasteiger partial charge in [-0.3, -0.25) is 76.7 Å². The first-order valence-corrected chi connectivity index (χ1v) is 40.6. The molecule has 14 N–H and O–H groups in total. The minimum Gasteiger partial charge on any atom is -0.461 e. The molecule has 2 aromatic carbocycles. The van der Waals surface area contributed by atoms with Crippen LogP contribution in [0, 0.1) is 17.8 Å². The Morgan fingerprint density at radius 3 is 1.37 bits per heavy atom. The largest absolute Gasteiger partial charge is 0.461 e. The summed E-state index contributed by atoms with van der Waals surface area (Å²) < 4.78 is 92.4. The molecule has 0 aromatic heterocycles. The smallest absolute Gasteiger partial charge is 0.308 e. The number of amides is 9. The number of unbranched alkanes of at least 4 members (excludes halogenated alkanes) is 2. The van der Waals surface area contributed by atoms with Crippen molar-refractivity contribution >= 4 is 98.2 Å². The second-order valence-corrected chi connectivity index (χ2v) is 29.9. The molecular weight excluding hydrogens is 1610 g/mol. The number of Topliss-reactive ketones (excluding diaryl/α,β-unsaturated/α-hetero) is 2. The number of benzene rings is 2. The highest BCUT2D eigenvalue weighted by Gasteiger charge is 2.46. The van der Waals surface area contributed by atoms with E-state index in [9.17, 15) is 116 Å². The number of aliphatic hydroxyl groups excluding tert-OH is 8. The Bertz CT molecular complexity index is 3860. The molecule has 0 unspecified atom stereocenters. The van der Waals surface area contributed by atoms with Gasteiger partial charge in [0.15, 0.2) is 0 Å². The molecule has 4 aliphatic rings. The van der Waals surface area contributed by atoms with Crippen LogP contribution in [-0.2, 0) is 128 Å². The maximum Gasteiger partial charge on any atom is 0.308 e. The number of aliphatic hydroxyl groups is 8. The van der Waals surface area contributed by atoms with Gasteiger partial charge in [0.05, 0.1) is 101 Å². The minimum atomic E-state index is -4.66. The van der Waals surface area contributed by atoms with Crippen molar-refractivity contribution in [1.29, 1.82) is 0 Å². The molecule has 0 radical (unpaired) electrons. The molecule has 0 aliphatic carbocycles. The van der Waals surface area contributed by atoms with Crippen LogP contribution >= 0.6 is 0 Å². The SMILES string of the molecule is CC(C)C(=O)OCc1ccc(O[C@@H]2O[C@H](CO)[C@H](O)[C@H](O)[C@H]2O)c(NC(=O)CCNC(=O)CCCCCN2C(=O)C=CC2=O)c1.CC(C)C(=O)OCc1ccc(O[C@@H]2O[C@H](CO)[C@H](O)[C@H](O)[C@H]2O)c(NC(=O)CCNC(=O)COCCNC(=O)[C@H](CC(=O)CCOCCOCCOCCOCCCC(=O)CCN2C(=O)C=CC2=O)CS(=O)(=O)O)c1. The van der Waals surface area contributed by atoms with Gasteiger partial charge >= 0.3 is 11.9 Å². The van der Waals surface area contributed by atoms with Gasteiger partial charge in [-0.1, -0.05) is 46.2 Å². The number of nitrogens with zero attached hydrogens (tertiary/aromatic N) is 2. The van der Waals surface area contributed by atoms with Crippen LogP contribution in [0.1, 0.15) is 109 Å². The summed E-state index contributed by atoms with van der Waals surface area (Å²) in [5, 5.41) is 93.1. The van der Waals surface area contributed by atoms with Crippen LogP contribution in [0.25, 0.3) is 0 Å². The molecule has 4 heterocycles. The molecule has 0 bridgehead atoms.